The summed E-state index contributed by atoms with van der Waals surface area (Å²) in [5.74, 6) is 0.731. The van der Waals surface area contributed by atoms with Crippen molar-refractivity contribution in [1.82, 2.24) is 19.3 Å². The molecule has 3 heterocycles. The van der Waals surface area contributed by atoms with E-state index in [1.807, 2.05) is 37.3 Å². The molecule has 4 aromatic rings. The summed E-state index contributed by atoms with van der Waals surface area (Å²) in [4.78, 5) is 4.73. The smallest absolute Gasteiger partial charge is 0.250 e. The van der Waals surface area contributed by atoms with Gasteiger partial charge in [0.1, 0.15) is 10.0 Å². The number of hydrogen-bond acceptors (Lipinski definition) is 6. The van der Waals surface area contributed by atoms with Crippen molar-refractivity contribution in [3.63, 3.8) is 0 Å². The fraction of sp³-hybridized carbons (Fsp3) is 0.158. The number of rotatable bonds is 7. The van der Waals surface area contributed by atoms with Crippen LogP contribution in [0.3, 0.4) is 0 Å². The van der Waals surface area contributed by atoms with E-state index in [9.17, 15) is 8.42 Å². The average Bonchev–Trinajstić information content (AvgIpc) is 3.37. The van der Waals surface area contributed by atoms with Crippen molar-refractivity contribution in [1.29, 1.82) is 0 Å². The van der Waals surface area contributed by atoms with Gasteiger partial charge in [-0.15, -0.1) is 11.3 Å². The Labute approximate surface area is 181 Å². The number of nitrogens with zero attached hydrogens (tertiary/aromatic N) is 3. The maximum absolute atomic E-state index is 12.2. The zero-order valence-corrected chi connectivity index (χ0v) is 18.7. The summed E-state index contributed by atoms with van der Waals surface area (Å²) in [5, 5.41) is 9.36. The van der Waals surface area contributed by atoms with E-state index in [1.165, 1.54) is 11.3 Å². The molecule has 10 heteroatoms. The Bertz CT molecular complexity index is 1250. The predicted octanol–water partition coefficient (Wildman–Crippen LogP) is 3.92. The van der Waals surface area contributed by atoms with E-state index in [1.54, 1.807) is 28.2 Å². The Hall–Kier alpha value is -2.27. The van der Waals surface area contributed by atoms with Gasteiger partial charge >= 0.3 is 0 Å². The second kappa shape index (κ2) is 8.23. The Balaban J connectivity index is 1.56. The summed E-state index contributed by atoms with van der Waals surface area (Å²) in [6.07, 6.45) is 1.69. The Morgan fingerprint density at radius 1 is 1.17 bits per heavy atom. The number of aryl methyl sites for hydroxylation is 1. The van der Waals surface area contributed by atoms with E-state index in [4.69, 9.17) is 4.98 Å². The summed E-state index contributed by atoms with van der Waals surface area (Å²) in [6, 6.07) is 13.3. The first-order valence-electron chi connectivity index (χ1n) is 8.83. The second-order valence-electron chi connectivity index (χ2n) is 6.33. The van der Waals surface area contributed by atoms with Crippen molar-refractivity contribution in [3.8, 4) is 11.3 Å². The molecule has 150 valence electrons. The Kier molecular flexibility index (Phi) is 5.68. The number of sulfonamides is 1. The number of aromatic nitrogens is 3. The Morgan fingerprint density at radius 2 is 2.00 bits per heavy atom. The molecule has 0 atom stereocenters. The molecule has 2 N–H and O–H groups in total. The van der Waals surface area contributed by atoms with Crippen LogP contribution in [0.25, 0.3) is 16.9 Å². The van der Waals surface area contributed by atoms with Crippen LogP contribution in [0.1, 0.15) is 5.56 Å². The molecule has 3 aromatic heterocycles. The standard InChI is InChI=1S/C19H18BrN5O2S2/c1-13-5-2-3-6-14(13)16-11-17(25-19(24-16)15(20)12-22-25)21-8-9-23-29(26,27)18-7-4-10-28-18/h2-7,10-12,21,23H,8-9H2,1H3. The summed E-state index contributed by atoms with van der Waals surface area (Å²) in [7, 11) is -3.48. The number of hydrogen-bond donors (Lipinski definition) is 2. The summed E-state index contributed by atoms with van der Waals surface area (Å²) < 4.78 is 29.9. The summed E-state index contributed by atoms with van der Waals surface area (Å²) in [5.41, 5.74) is 3.66. The van der Waals surface area contributed by atoms with E-state index >= 15 is 0 Å². The number of fused-ring (bicyclic) bond motifs is 1. The van der Waals surface area contributed by atoms with E-state index < -0.39 is 10.0 Å². The maximum Gasteiger partial charge on any atom is 0.250 e. The number of anilines is 1. The van der Waals surface area contributed by atoms with Crippen molar-refractivity contribution in [2.45, 2.75) is 11.1 Å². The number of benzene rings is 1. The normalized spacial score (nSPS) is 11.8. The van der Waals surface area contributed by atoms with Crippen LogP contribution in [0.5, 0.6) is 0 Å². The maximum atomic E-state index is 12.2. The fourth-order valence-electron chi connectivity index (χ4n) is 2.92. The highest BCUT2D eigenvalue weighted by Crippen LogP contribution is 2.27. The van der Waals surface area contributed by atoms with E-state index in [2.05, 4.69) is 31.1 Å². The van der Waals surface area contributed by atoms with Crippen LogP contribution in [-0.4, -0.2) is 36.1 Å². The number of halogens is 1. The summed E-state index contributed by atoms with van der Waals surface area (Å²) >= 11 is 4.68. The van der Waals surface area contributed by atoms with Gasteiger partial charge in [-0.05, 0) is 39.9 Å². The molecule has 7 nitrogen and oxygen atoms in total. The highest BCUT2D eigenvalue weighted by atomic mass is 79.9. The summed E-state index contributed by atoms with van der Waals surface area (Å²) in [6.45, 7) is 2.68. The molecule has 0 amide bonds. The molecule has 0 fully saturated rings. The molecule has 0 saturated heterocycles. The topological polar surface area (TPSA) is 88.4 Å². The molecule has 0 aliphatic heterocycles. The molecule has 0 aliphatic rings. The van der Waals surface area contributed by atoms with Gasteiger partial charge in [0.2, 0.25) is 10.0 Å². The molecule has 4 rings (SSSR count). The largest absolute Gasteiger partial charge is 0.369 e. The molecule has 0 bridgehead atoms. The van der Waals surface area contributed by atoms with Crippen molar-refractivity contribution >= 4 is 48.8 Å². The van der Waals surface area contributed by atoms with Gasteiger partial charge < -0.3 is 5.32 Å². The van der Waals surface area contributed by atoms with Gasteiger partial charge in [0.25, 0.3) is 0 Å². The van der Waals surface area contributed by atoms with E-state index in [0.29, 0.717) is 16.4 Å². The van der Waals surface area contributed by atoms with Gasteiger partial charge in [0.15, 0.2) is 5.65 Å². The van der Waals surface area contributed by atoms with Crippen molar-refractivity contribution in [2.24, 2.45) is 0 Å². The first-order valence-corrected chi connectivity index (χ1v) is 12.0. The van der Waals surface area contributed by atoms with Gasteiger partial charge in [-0.3, -0.25) is 0 Å². The van der Waals surface area contributed by atoms with Gasteiger partial charge in [-0.1, -0.05) is 30.3 Å². The Morgan fingerprint density at radius 3 is 2.76 bits per heavy atom. The van der Waals surface area contributed by atoms with Crippen LogP contribution in [0.4, 0.5) is 5.82 Å². The van der Waals surface area contributed by atoms with Crippen LogP contribution >= 0.6 is 27.3 Å². The third-order valence-electron chi connectivity index (χ3n) is 4.33. The van der Waals surface area contributed by atoms with Crippen LogP contribution < -0.4 is 10.0 Å². The molecule has 0 aliphatic carbocycles. The van der Waals surface area contributed by atoms with Crippen LogP contribution in [0.2, 0.25) is 0 Å². The van der Waals surface area contributed by atoms with Crippen LogP contribution in [0, 0.1) is 6.92 Å². The van der Waals surface area contributed by atoms with E-state index in [-0.39, 0.29) is 6.54 Å². The minimum Gasteiger partial charge on any atom is -0.369 e. The lowest BCUT2D eigenvalue weighted by molar-refractivity contribution is 0.585. The fourth-order valence-corrected chi connectivity index (χ4v) is 5.34. The molecule has 0 saturated carbocycles. The molecular formula is C19H18BrN5O2S2. The number of nitrogens with one attached hydrogen (secondary N) is 2. The van der Waals surface area contributed by atoms with Crippen molar-refractivity contribution in [2.75, 3.05) is 18.4 Å². The van der Waals surface area contributed by atoms with Crippen molar-refractivity contribution < 1.29 is 8.42 Å². The lowest BCUT2D eigenvalue weighted by Gasteiger charge is -2.12. The molecule has 0 spiro atoms. The van der Waals surface area contributed by atoms with Gasteiger partial charge in [-0.25, -0.2) is 18.1 Å². The monoisotopic (exact) mass is 491 g/mol. The van der Waals surface area contributed by atoms with E-state index in [0.717, 1.165) is 27.1 Å². The average molecular weight is 492 g/mol. The minimum absolute atomic E-state index is 0.242. The SMILES string of the molecule is Cc1ccccc1-c1cc(NCCNS(=O)(=O)c2cccs2)n2ncc(Br)c2n1. The molecular weight excluding hydrogens is 474 g/mol. The zero-order chi connectivity index (χ0) is 20.4. The lowest BCUT2D eigenvalue weighted by Crippen LogP contribution is -2.28. The minimum atomic E-state index is -3.48. The lowest BCUT2D eigenvalue weighted by atomic mass is 10.1. The van der Waals surface area contributed by atoms with Gasteiger partial charge in [0, 0.05) is 24.7 Å². The van der Waals surface area contributed by atoms with Crippen molar-refractivity contribution in [3.05, 3.63) is 64.1 Å². The molecule has 1 aromatic carbocycles. The first-order chi connectivity index (χ1) is 14.0. The van der Waals surface area contributed by atoms with Crippen LogP contribution in [-0.2, 0) is 10.0 Å². The number of thiophene rings is 1. The molecule has 0 radical (unpaired) electrons. The third kappa shape index (κ3) is 4.20. The van der Waals surface area contributed by atoms with Crippen LogP contribution in [0.15, 0.2) is 62.7 Å². The highest BCUT2D eigenvalue weighted by molar-refractivity contribution is 9.10. The zero-order valence-electron chi connectivity index (χ0n) is 15.5. The predicted molar refractivity (Wildman–Crippen MR) is 119 cm³/mol. The van der Waals surface area contributed by atoms with Gasteiger partial charge in [-0.2, -0.15) is 9.61 Å². The highest BCUT2D eigenvalue weighted by Gasteiger charge is 2.15. The first kappa shape index (κ1) is 20.0. The quantitative estimate of drug-likeness (QED) is 0.382. The second-order valence-corrected chi connectivity index (χ2v) is 10.1. The van der Waals surface area contributed by atoms with Gasteiger partial charge in [0.05, 0.1) is 16.4 Å². The molecule has 29 heavy (non-hydrogen) atoms. The molecule has 0 unspecified atom stereocenters. The third-order valence-corrected chi connectivity index (χ3v) is 7.75.